The van der Waals surface area contributed by atoms with Crippen LogP contribution in [0.25, 0.3) is 11.0 Å². The van der Waals surface area contributed by atoms with Crippen molar-refractivity contribution in [3.63, 3.8) is 0 Å². The molecule has 116 valence electrons. The van der Waals surface area contributed by atoms with Crippen LogP contribution in [0.1, 0.15) is 37.7 Å². The van der Waals surface area contributed by atoms with E-state index in [1.54, 1.807) is 6.26 Å². The maximum Gasteiger partial charge on any atom is 0.163 e. The van der Waals surface area contributed by atoms with E-state index in [1.807, 2.05) is 11.2 Å². The molecule has 0 radical (unpaired) electrons. The minimum atomic E-state index is -0.227. The Morgan fingerprint density at radius 3 is 2.86 bits per heavy atom. The van der Waals surface area contributed by atoms with Gasteiger partial charge in [-0.3, -0.25) is 4.84 Å². The Morgan fingerprint density at radius 1 is 1.23 bits per heavy atom. The van der Waals surface area contributed by atoms with Crippen molar-refractivity contribution >= 4 is 16.7 Å². The molecule has 2 heterocycles. The van der Waals surface area contributed by atoms with E-state index in [2.05, 4.69) is 30.1 Å². The highest BCUT2D eigenvalue weighted by molar-refractivity contribution is 5.84. The van der Waals surface area contributed by atoms with Crippen LogP contribution in [0.3, 0.4) is 0 Å². The van der Waals surface area contributed by atoms with Crippen LogP contribution in [0.4, 0.5) is 5.69 Å². The molecule has 3 aliphatic carbocycles. The molecule has 5 nitrogen and oxygen atoms in total. The fraction of sp³-hybridized carbons (Fsp3) is 0.529. The van der Waals surface area contributed by atoms with Crippen molar-refractivity contribution in [1.82, 2.24) is 11.0 Å². The van der Waals surface area contributed by atoms with Crippen LogP contribution in [0.5, 0.6) is 0 Å². The molecule has 22 heavy (non-hydrogen) atoms. The van der Waals surface area contributed by atoms with Crippen LogP contribution in [-0.2, 0) is 4.84 Å². The first-order valence-corrected chi connectivity index (χ1v) is 8.23. The van der Waals surface area contributed by atoms with Crippen molar-refractivity contribution in [1.29, 1.82) is 0 Å². The highest BCUT2D eigenvalue weighted by Gasteiger charge is 2.53. The fourth-order valence-electron chi connectivity index (χ4n) is 4.46. The van der Waals surface area contributed by atoms with Crippen molar-refractivity contribution in [2.75, 3.05) is 5.12 Å². The molecule has 1 atom stereocenters. The van der Waals surface area contributed by atoms with E-state index in [9.17, 15) is 0 Å². The predicted octanol–water partition coefficient (Wildman–Crippen LogP) is 3.41. The molecule has 1 spiro atoms. The van der Waals surface area contributed by atoms with Crippen LogP contribution in [0.2, 0.25) is 0 Å². The summed E-state index contributed by atoms with van der Waals surface area (Å²) in [6.45, 7) is 2.06. The zero-order valence-electron chi connectivity index (χ0n) is 12.8. The molecule has 6 rings (SSSR count). The Kier molecular flexibility index (Phi) is 2.63. The summed E-state index contributed by atoms with van der Waals surface area (Å²) in [5.74, 6) is 1.40. The number of nitrogens with one attached hydrogen (secondary N) is 2. The summed E-state index contributed by atoms with van der Waals surface area (Å²) in [5, 5.41) is 3.06. The molecule has 1 aromatic carbocycles. The van der Waals surface area contributed by atoms with Crippen molar-refractivity contribution in [3.8, 4) is 0 Å². The maximum atomic E-state index is 6.03. The average molecular weight is 299 g/mol. The standard InChI is InChI=1S/C17H21N3O2/c1-11-10-21-16-8-14(6-7-15(11)16)20-18-17(22-19-20)9-12-2-4-13(17)5-3-12/h6-8,10,12-13,18-19H,2-5,9H2,1H3/t12?,13?,17-/m1/s1. The summed E-state index contributed by atoms with van der Waals surface area (Å²) < 4.78 is 5.61. The van der Waals surface area contributed by atoms with Gasteiger partial charge < -0.3 is 4.42 Å². The number of hydrogen-bond acceptors (Lipinski definition) is 5. The number of rotatable bonds is 1. The lowest BCUT2D eigenvalue weighted by Gasteiger charge is -2.47. The van der Waals surface area contributed by atoms with Gasteiger partial charge in [-0.1, -0.05) is 5.59 Å². The Bertz CT molecular complexity index is 720. The molecule has 0 amide bonds. The van der Waals surface area contributed by atoms with Gasteiger partial charge in [-0.25, -0.2) is 5.12 Å². The largest absolute Gasteiger partial charge is 0.464 e. The minimum absolute atomic E-state index is 0.227. The maximum absolute atomic E-state index is 6.03. The summed E-state index contributed by atoms with van der Waals surface area (Å²) >= 11 is 0. The van der Waals surface area contributed by atoms with Crippen molar-refractivity contribution in [2.24, 2.45) is 11.8 Å². The van der Waals surface area contributed by atoms with Gasteiger partial charge >= 0.3 is 0 Å². The van der Waals surface area contributed by atoms with E-state index in [0.29, 0.717) is 5.92 Å². The smallest absolute Gasteiger partial charge is 0.163 e. The fourth-order valence-corrected chi connectivity index (χ4v) is 4.46. The third-order valence-corrected chi connectivity index (χ3v) is 5.73. The molecule has 5 heteroatoms. The van der Waals surface area contributed by atoms with Gasteiger partial charge in [0, 0.05) is 17.4 Å². The van der Waals surface area contributed by atoms with Gasteiger partial charge in [-0.2, -0.15) is 5.43 Å². The molecule has 0 unspecified atom stereocenters. The van der Waals surface area contributed by atoms with Crippen LogP contribution < -0.4 is 16.1 Å². The van der Waals surface area contributed by atoms with Gasteiger partial charge in [-0.15, -0.1) is 0 Å². The quantitative estimate of drug-likeness (QED) is 0.845. The second-order valence-corrected chi connectivity index (χ2v) is 7.05. The summed E-state index contributed by atoms with van der Waals surface area (Å²) in [7, 11) is 0. The number of anilines is 1. The topological polar surface area (TPSA) is 49.7 Å². The van der Waals surface area contributed by atoms with E-state index < -0.39 is 0 Å². The van der Waals surface area contributed by atoms with Crippen molar-refractivity contribution in [2.45, 2.75) is 44.8 Å². The Labute approximate surface area is 129 Å². The Hall–Kier alpha value is -1.56. The molecule has 2 aromatic rings. The molecule has 4 fully saturated rings. The number of hydrazine groups is 2. The lowest BCUT2D eigenvalue weighted by atomic mass is 9.66. The lowest BCUT2D eigenvalue weighted by Crippen LogP contribution is -2.57. The van der Waals surface area contributed by atoms with E-state index in [1.165, 1.54) is 31.2 Å². The van der Waals surface area contributed by atoms with Crippen molar-refractivity contribution < 1.29 is 9.25 Å². The van der Waals surface area contributed by atoms with E-state index >= 15 is 0 Å². The summed E-state index contributed by atoms with van der Waals surface area (Å²) in [6.07, 6.45) is 8.15. The van der Waals surface area contributed by atoms with E-state index in [4.69, 9.17) is 9.25 Å². The van der Waals surface area contributed by atoms with Crippen LogP contribution in [-0.4, -0.2) is 5.72 Å². The number of aryl methyl sites for hydroxylation is 1. The SMILES string of the molecule is Cc1coc2cc(N3NO[C@@]4(CC5CCC4CC5)N3)ccc12. The lowest BCUT2D eigenvalue weighted by molar-refractivity contribution is -0.153. The van der Waals surface area contributed by atoms with Gasteiger partial charge in [-0.05, 0) is 62.6 Å². The van der Waals surface area contributed by atoms with Gasteiger partial charge in [0.25, 0.3) is 0 Å². The molecular weight excluding hydrogens is 278 g/mol. The summed E-state index contributed by atoms with van der Waals surface area (Å²) in [6, 6.07) is 6.24. The third kappa shape index (κ3) is 1.76. The third-order valence-electron chi connectivity index (χ3n) is 5.73. The molecule has 2 N–H and O–H groups in total. The highest BCUT2D eigenvalue weighted by Crippen LogP contribution is 2.49. The molecule has 2 bridgehead atoms. The summed E-state index contributed by atoms with van der Waals surface area (Å²) in [4.78, 5) is 6.03. The molecular formula is C17H21N3O2. The zero-order chi connectivity index (χ0) is 14.7. The van der Waals surface area contributed by atoms with E-state index in [0.717, 1.165) is 29.0 Å². The molecule has 4 aliphatic rings. The molecule has 1 aromatic heterocycles. The van der Waals surface area contributed by atoms with Gasteiger partial charge in [0.2, 0.25) is 0 Å². The minimum Gasteiger partial charge on any atom is -0.464 e. The van der Waals surface area contributed by atoms with Gasteiger partial charge in [0.05, 0.1) is 12.0 Å². The van der Waals surface area contributed by atoms with Crippen molar-refractivity contribution in [3.05, 3.63) is 30.0 Å². The number of fused-ring (bicyclic) bond motifs is 3. The first-order chi connectivity index (χ1) is 10.7. The highest BCUT2D eigenvalue weighted by atomic mass is 16.7. The second kappa shape index (κ2) is 4.47. The first-order valence-electron chi connectivity index (χ1n) is 8.23. The first kappa shape index (κ1) is 12.9. The number of benzene rings is 1. The molecule has 1 aliphatic heterocycles. The second-order valence-electron chi connectivity index (χ2n) is 7.05. The predicted molar refractivity (Wildman–Crippen MR) is 83.6 cm³/mol. The monoisotopic (exact) mass is 299 g/mol. The molecule has 3 saturated carbocycles. The van der Waals surface area contributed by atoms with Crippen LogP contribution >= 0.6 is 0 Å². The van der Waals surface area contributed by atoms with Crippen LogP contribution in [0.15, 0.2) is 28.9 Å². The number of hydrogen-bond donors (Lipinski definition) is 2. The molecule has 1 saturated heterocycles. The number of nitrogens with zero attached hydrogens (tertiary/aromatic N) is 1. The van der Waals surface area contributed by atoms with Crippen LogP contribution in [0, 0.1) is 18.8 Å². The van der Waals surface area contributed by atoms with E-state index in [-0.39, 0.29) is 5.72 Å². The van der Waals surface area contributed by atoms with Gasteiger partial charge in [0.15, 0.2) is 5.72 Å². The van der Waals surface area contributed by atoms with Gasteiger partial charge in [0.1, 0.15) is 5.58 Å². The average Bonchev–Trinajstić information content (AvgIpc) is 3.13. The summed E-state index contributed by atoms with van der Waals surface area (Å²) in [5.41, 5.74) is 9.52. The number of furan rings is 1. The normalized spacial score (nSPS) is 34.1. The Morgan fingerprint density at radius 2 is 2.09 bits per heavy atom. The Balaban J connectivity index is 1.44. The zero-order valence-corrected chi connectivity index (χ0v) is 12.8.